The van der Waals surface area contributed by atoms with Gasteiger partial charge in [-0.15, -0.1) is 0 Å². The van der Waals surface area contributed by atoms with Crippen molar-refractivity contribution in [2.24, 2.45) is 0 Å². The lowest BCUT2D eigenvalue weighted by atomic mass is 10.1. The van der Waals surface area contributed by atoms with Gasteiger partial charge in [0.15, 0.2) is 23.2 Å². The molecule has 15 heavy (non-hydrogen) atoms. The van der Waals surface area contributed by atoms with Crippen molar-refractivity contribution in [2.45, 2.75) is 13.3 Å². The van der Waals surface area contributed by atoms with E-state index >= 15 is 0 Å². The fraction of sp³-hybridized carbons (Fsp3) is 0.300. The molecule has 1 aromatic carbocycles. The summed E-state index contributed by atoms with van der Waals surface area (Å²) in [6.07, 6.45) is 0.0932. The van der Waals surface area contributed by atoms with Gasteiger partial charge in [-0.3, -0.25) is 4.79 Å². The molecular weight excluding hydrogens is 204 g/mol. The molecule has 0 aliphatic heterocycles. The second-order valence-corrected chi connectivity index (χ2v) is 2.95. The summed E-state index contributed by atoms with van der Waals surface area (Å²) in [5, 5.41) is 0. The zero-order valence-electron chi connectivity index (χ0n) is 8.43. The van der Waals surface area contributed by atoms with Gasteiger partial charge in [0.25, 0.3) is 0 Å². The summed E-state index contributed by atoms with van der Waals surface area (Å²) in [5.41, 5.74) is 4.85. The summed E-state index contributed by atoms with van der Waals surface area (Å²) in [6, 6.07) is 0.880. The third kappa shape index (κ3) is 1.91. The van der Waals surface area contributed by atoms with Gasteiger partial charge < -0.3 is 10.5 Å². The highest BCUT2D eigenvalue weighted by molar-refractivity contribution is 6.01. The average Bonchev–Trinajstić information content (AvgIpc) is 2.17. The van der Waals surface area contributed by atoms with Crippen LogP contribution in [-0.4, -0.2) is 12.9 Å². The molecule has 0 saturated carbocycles. The Morgan fingerprint density at radius 1 is 1.53 bits per heavy atom. The molecule has 0 heterocycles. The number of Topliss-reactive ketones (excluding diaryl/α,β-unsaturated/α-hetero) is 1. The number of methoxy groups -OCH3 is 1. The number of benzene rings is 1. The van der Waals surface area contributed by atoms with E-state index in [-0.39, 0.29) is 17.7 Å². The van der Waals surface area contributed by atoms with E-state index in [1.807, 2.05) is 0 Å². The van der Waals surface area contributed by atoms with Crippen LogP contribution in [0.2, 0.25) is 0 Å². The van der Waals surface area contributed by atoms with Crippen molar-refractivity contribution in [3.8, 4) is 5.75 Å². The van der Waals surface area contributed by atoms with Crippen LogP contribution in [0.25, 0.3) is 0 Å². The molecule has 1 rings (SSSR count). The van der Waals surface area contributed by atoms with Crippen LogP contribution in [0.3, 0.4) is 0 Å². The standard InChI is InChI=1S/C10H11F2NO2/c1-3-7(14)8-6(13)4-5(11)10(15-2)9(8)12/h4H,3,13H2,1-2H3. The number of ketones is 1. The molecule has 1 aromatic rings. The van der Waals surface area contributed by atoms with Crippen LogP contribution >= 0.6 is 0 Å². The zero-order chi connectivity index (χ0) is 11.6. The Kier molecular flexibility index (Phi) is 3.24. The smallest absolute Gasteiger partial charge is 0.191 e. The SMILES string of the molecule is CCC(=O)c1c(N)cc(F)c(OC)c1F. The highest BCUT2D eigenvalue weighted by Crippen LogP contribution is 2.29. The first-order chi connectivity index (χ1) is 7.02. The van der Waals surface area contributed by atoms with Crippen molar-refractivity contribution in [1.82, 2.24) is 0 Å². The minimum absolute atomic E-state index is 0.0932. The minimum atomic E-state index is -1.04. The Morgan fingerprint density at radius 2 is 2.13 bits per heavy atom. The molecule has 0 spiro atoms. The van der Waals surface area contributed by atoms with E-state index in [0.717, 1.165) is 13.2 Å². The van der Waals surface area contributed by atoms with Gasteiger partial charge in [0, 0.05) is 18.2 Å². The molecular formula is C10H11F2NO2. The van der Waals surface area contributed by atoms with Crippen LogP contribution in [0.15, 0.2) is 6.07 Å². The Labute approximate surface area is 85.8 Å². The van der Waals surface area contributed by atoms with E-state index in [4.69, 9.17) is 5.73 Å². The van der Waals surface area contributed by atoms with Gasteiger partial charge in [0.1, 0.15) is 0 Å². The van der Waals surface area contributed by atoms with E-state index in [2.05, 4.69) is 4.74 Å². The lowest BCUT2D eigenvalue weighted by Gasteiger charge is -2.09. The largest absolute Gasteiger partial charge is 0.491 e. The first-order valence-electron chi connectivity index (χ1n) is 4.37. The van der Waals surface area contributed by atoms with Gasteiger partial charge in [0.2, 0.25) is 0 Å². The molecule has 0 aliphatic carbocycles. The van der Waals surface area contributed by atoms with Crippen molar-refractivity contribution >= 4 is 11.5 Å². The number of halogens is 2. The highest BCUT2D eigenvalue weighted by Gasteiger charge is 2.21. The molecule has 0 bridgehead atoms. The quantitative estimate of drug-likeness (QED) is 0.620. The molecule has 0 aliphatic rings. The molecule has 0 atom stereocenters. The minimum Gasteiger partial charge on any atom is -0.491 e. The van der Waals surface area contributed by atoms with Crippen molar-refractivity contribution in [3.63, 3.8) is 0 Å². The number of rotatable bonds is 3. The summed E-state index contributed by atoms with van der Waals surface area (Å²) in [7, 11) is 1.12. The Hall–Kier alpha value is -1.65. The zero-order valence-corrected chi connectivity index (χ0v) is 8.43. The van der Waals surface area contributed by atoms with Crippen LogP contribution in [0.4, 0.5) is 14.5 Å². The summed E-state index contributed by atoms with van der Waals surface area (Å²) < 4.78 is 31.2. The third-order valence-corrected chi connectivity index (χ3v) is 2.01. The number of nitrogen functional groups attached to an aromatic ring is 1. The van der Waals surface area contributed by atoms with Gasteiger partial charge in [-0.05, 0) is 0 Å². The lowest BCUT2D eigenvalue weighted by molar-refractivity contribution is 0.0984. The third-order valence-electron chi connectivity index (χ3n) is 2.01. The number of ether oxygens (including phenoxy) is 1. The highest BCUT2D eigenvalue weighted by atomic mass is 19.1. The topological polar surface area (TPSA) is 52.3 Å². The molecule has 0 aromatic heterocycles. The van der Waals surface area contributed by atoms with Gasteiger partial charge in [-0.2, -0.15) is 0 Å². The number of carbonyl (C=O) groups is 1. The molecule has 0 fully saturated rings. The summed E-state index contributed by atoms with van der Waals surface area (Å²) >= 11 is 0. The number of hydrogen-bond acceptors (Lipinski definition) is 3. The van der Waals surface area contributed by atoms with Gasteiger partial charge in [-0.25, -0.2) is 8.78 Å². The van der Waals surface area contributed by atoms with Crippen molar-refractivity contribution in [1.29, 1.82) is 0 Å². The second-order valence-electron chi connectivity index (χ2n) is 2.95. The fourth-order valence-corrected chi connectivity index (χ4v) is 1.27. The monoisotopic (exact) mass is 215 g/mol. The van der Waals surface area contributed by atoms with E-state index in [1.54, 1.807) is 6.92 Å². The molecule has 82 valence electrons. The molecule has 0 radical (unpaired) electrons. The second kappa shape index (κ2) is 4.25. The van der Waals surface area contributed by atoms with Crippen LogP contribution in [-0.2, 0) is 0 Å². The first-order valence-corrected chi connectivity index (χ1v) is 4.37. The normalized spacial score (nSPS) is 10.1. The molecule has 0 unspecified atom stereocenters. The summed E-state index contributed by atoms with van der Waals surface area (Å²) in [6.45, 7) is 1.57. The fourth-order valence-electron chi connectivity index (χ4n) is 1.27. The van der Waals surface area contributed by atoms with Crippen LogP contribution in [0, 0.1) is 11.6 Å². The van der Waals surface area contributed by atoms with Gasteiger partial charge in [0.05, 0.1) is 12.7 Å². The average molecular weight is 215 g/mol. The van der Waals surface area contributed by atoms with E-state index < -0.39 is 23.2 Å². The lowest BCUT2D eigenvalue weighted by Crippen LogP contribution is -2.08. The Balaban J connectivity index is 3.45. The Bertz CT molecular complexity index is 405. The predicted molar refractivity (Wildman–Crippen MR) is 51.9 cm³/mol. The number of anilines is 1. The predicted octanol–water partition coefficient (Wildman–Crippen LogP) is 2.15. The molecule has 0 amide bonds. The van der Waals surface area contributed by atoms with Gasteiger partial charge in [-0.1, -0.05) is 6.92 Å². The maximum Gasteiger partial charge on any atom is 0.191 e. The van der Waals surface area contributed by atoms with Crippen molar-refractivity contribution < 1.29 is 18.3 Å². The van der Waals surface area contributed by atoms with Crippen LogP contribution in [0.5, 0.6) is 5.75 Å². The first kappa shape index (κ1) is 11.4. The van der Waals surface area contributed by atoms with Gasteiger partial charge >= 0.3 is 0 Å². The Morgan fingerprint density at radius 3 is 2.60 bits per heavy atom. The molecule has 5 heteroatoms. The van der Waals surface area contributed by atoms with E-state index in [0.29, 0.717) is 0 Å². The van der Waals surface area contributed by atoms with E-state index in [9.17, 15) is 13.6 Å². The van der Waals surface area contributed by atoms with Crippen molar-refractivity contribution in [2.75, 3.05) is 12.8 Å². The van der Waals surface area contributed by atoms with Crippen molar-refractivity contribution in [3.05, 3.63) is 23.3 Å². The maximum absolute atomic E-state index is 13.6. The van der Waals surface area contributed by atoms with E-state index in [1.165, 1.54) is 0 Å². The van der Waals surface area contributed by atoms with Crippen LogP contribution < -0.4 is 10.5 Å². The van der Waals surface area contributed by atoms with Crippen LogP contribution in [0.1, 0.15) is 23.7 Å². The number of nitrogens with two attached hydrogens (primary N) is 1. The molecule has 3 nitrogen and oxygen atoms in total. The maximum atomic E-state index is 13.6. The number of carbonyl (C=O) groups excluding carboxylic acids is 1. The molecule has 0 saturated heterocycles. The molecule has 2 N–H and O–H groups in total. The summed E-state index contributed by atoms with van der Waals surface area (Å²) in [4.78, 5) is 11.3. The number of hydrogen-bond donors (Lipinski definition) is 1. The summed E-state index contributed by atoms with van der Waals surface area (Å²) in [5.74, 6) is -3.02.